The van der Waals surface area contributed by atoms with E-state index in [9.17, 15) is 22.4 Å². The van der Waals surface area contributed by atoms with E-state index in [0.29, 0.717) is 32.0 Å². The predicted molar refractivity (Wildman–Crippen MR) is 82.3 cm³/mol. The summed E-state index contributed by atoms with van der Waals surface area (Å²) in [7, 11) is 0. The summed E-state index contributed by atoms with van der Waals surface area (Å²) in [5.41, 5.74) is -0.179. The average molecular weight is 353 g/mol. The van der Waals surface area contributed by atoms with Crippen LogP contribution in [-0.4, -0.2) is 30.0 Å². The molecule has 1 aliphatic rings. The topological polar surface area (TPSA) is 29.5 Å². The van der Waals surface area contributed by atoms with Crippen LogP contribution >= 0.6 is 0 Å². The van der Waals surface area contributed by atoms with Gasteiger partial charge >= 0.3 is 0 Å². The van der Waals surface area contributed by atoms with Crippen molar-refractivity contribution in [2.45, 2.75) is 18.9 Å². The van der Waals surface area contributed by atoms with Gasteiger partial charge in [-0.15, -0.1) is 0 Å². The molecule has 7 heteroatoms. The molecule has 3 rings (SSSR count). The summed E-state index contributed by atoms with van der Waals surface area (Å²) in [6.07, 6.45) is 0.674. The van der Waals surface area contributed by atoms with E-state index in [2.05, 4.69) is 0 Å². The molecule has 0 aromatic heterocycles. The van der Waals surface area contributed by atoms with Crippen LogP contribution in [-0.2, 0) is 0 Å². The molecule has 1 aliphatic heterocycles. The highest BCUT2D eigenvalue weighted by Crippen LogP contribution is 2.22. The number of carbonyl (C=O) groups excluding carboxylic acids is 1. The minimum Gasteiger partial charge on any atom is -0.490 e. The summed E-state index contributed by atoms with van der Waals surface area (Å²) in [5, 5.41) is 0. The molecule has 132 valence electrons. The van der Waals surface area contributed by atoms with Crippen LogP contribution in [0.4, 0.5) is 17.6 Å². The number of carbonyl (C=O) groups is 1. The van der Waals surface area contributed by atoms with Gasteiger partial charge in [-0.1, -0.05) is 0 Å². The van der Waals surface area contributed by atoms with Gasteiger partial charge < -0.3 is 9.64 Å². The van der Waals surface area contributed by atoms with E-state index in [-0.39, 0.29) is 17.4 Å². The summed E-state index contributed by atoms with van der Waals surface area (Å²) in [4.78, 5) is 13.8. The zero-order valence-electron chi connectivity index (χ0n) is 13.1. The lowest BCUT2D eigenvalue weighted by Gasteiger charge is -2.32. The molecule has 1 heterocycles. The third kappa shape index (κ3) is 3.92. The maximum absolute atomic E-state index is 13.7. The van der Waals surface area contributed by atoms with Crippen molar-refractivity contribution in [1.82, 2.24) is 4.90 Å². The van der Waals surface area contributed by atoms with Crippen molar-refractivity contribution in [1.29, 1.82) is 0 Å². The van der Waals surface area contributed by atoms with Crippen molar-refractivity contribution in [3.8, 4) is 5.75 Å². The SMILES string of the molecule is O=C(c1ccc(F)cc1F)N1CCC(Oc2ccc(F)c(F)c2)CC1. The number of halogens is 4. The Balaban J connectivity index is 1.59. The lowest BCUT2D eigenvalue weighted by molar-refractivity contribution is 0.0590. The van der Waals surface area contributed by atoms with Crippen LogP contribution in [0.1, 0.15) is 23.2 Å². The number of amides is 1. The van der Waals surface area contributed by atoms with Crippen molar-refractivity contribution in [2.75, 3.05) is 13.1 Å². The summed E-state index contributed by atoms with van der Waals surface area (Å²) in [6, 6.07) is 6.13. The van der Waals surface area contributed by atoms with Crippen LogP contribution in [0.25, 0.3) is 0 Å². The highest BCUT2D eigenvalue weighted by Gasteiger charge is 2.26. The molecule has 0 saturated carbocycles. The van der Waals surface area contributed by atoms with Crippen LogP contribution in [0.15, 0.2) is 36.4 Å². The number of likely N-dealkylation sites (tertiary alicyclic amines) is 1. The molecule has 1 amide bonds. The molecule has 0 atom stereocenters. The largest absolute Gasteiger partial charge is 0.490 e. The number of nitrogens with zero attached hydrogens (tertiary/aromatic N) is 1. The fraction of sp³-hybridized carbons (Fsp3) is 0.278. The quantitative estimate of drug-likeness (QED) is 0.783. The van der Waals surface area contributed by atoms with E-state index in [0.717, 1.165) is 24.3 Å². The average Bonchev–Trinajstić information content (AvgIpc) is 2.58. The number of rotatable bonds is 3. The number of benzene rings is 2. The molecule has 0 aliphatic carbocycles. The summed E-state index contributed by atoms with van der Waals surface area (Å²) in [5.74, 6) is -3.87. The zero-order valence-corrected chi connectivity index (χ0v) is 13.1. The normalized spacial score (nSPS) is 15.3. The summed E-state index contributed by atoms with van der Waals surface area (Å²) in [6.45, 7) is 0.647. The van der Waals surface area contributed by atoms with Crippen LogP contribution in [0, 0.1) is 23.3 Å². The maximum Gasteiger partial charge on any atom is 0.256 e. The number of hydrogen-bond acceptors (Lipinski definition) is 2. The smallest absolute Gasteiger partial charge is 0.256 e. The van der Waals surface area contributed by atoms with Gasteiger partial charge in [0.1, 0.15) is 23.5 Å². The molecular weight excluding hydrogens is 338 g/mol. The maximum atomic E-state index is 13.7. The molecule has 1 saturated heterocycles. The molecular formula is C18H15F4NO2. The molecule has 0 N–H and O–H groups in total. The van der Waals surface area contributed by atoms with Gasteiger partial charge in [0.05, 0.1) is 5.56 Å². The molecule has 0 spiro atoms. The lowest BCUT2D eigenvalue weighted by atomic mass is 10.1. The molecule has 0 bridgehead atoms. The number of hydrogen-bond donors (Lipinski definition) is 0. The Morgan fingerprint density at radius 1 is 0.920 bits per heavy atom. The molecule has 25 heavy (non-hydrogen) atoms. The predicted octanol–water partition coefficient (Wildman–Crippen LogP) is 3.93. The monoisotopic (exact) mass is 353 g/mol. The van der Waals surface area contributed by atoms with Crippen molar-refractivity contribution in [3.63, 3.8) is 0 Å². The molecule has 2 aromatic carbocycles. The standard InChI is InChI=1S/C18H15F4NO2/c19-11-1-3-14(16(21)9-11)18(24)23-7-5-12(6-8-23)25-13-2-4-15(20)17(22)10-13/h1-4,9-10,12H,5-8H2. The van der Waals surface area contributed by atoms with Gasteiger partial charge in [0.2, 0.25) is 0 Å². The second kappa shape index (κ2) is 7.13. The van der Waals surface area contributed by atoms with Gasteiger partial charge in [-0.3, -0.25) is 4.79 Å². The first kappa shape index (κ1) is 17.3. The van der Waals surface area contributed by atoms with Gasteiger partial charge in [0, 0.05) is 38.1 Å². The van der Waals surface area contributed by atoms with Gasteiger partial charge in [0.25, 0.3) is 5.91 Å². The minimum absolute atomic E-state index is 0.179. The molecule has 0 unspecified atom stereocenters. The summed E-state index contributed by atoms with van der Waals surface area (Å²) >= 11 is 0. The third-order valence-corrected chi connectivity index (χ3v) is 4.08. The van der Waals surface area contributed by atoms with Crippen molar-refractivity contribution < 1.29 is 27.1 Å². The van der Waals surface area contributed by atoms with Crippen molar-refractivity contribution in [3.05, 3.63) is 65.2 Å². The van der Waals surface area contributed by atoms with Crippen LogP contribution < -0.4 is 4.74 Å². The van der Waals surface area contributed by atoms with Crippen molar-refractivity contribution in [2.24, 2.45) is 0 Å². The van der Waals surface area contributed by atoms with E-state index in [1.165, 1.54) is 11.0 Å². The molecule has 0 radical (unpaired) electrons. The highest BCUT2D eigenvalue weighted by molar-refractivity contribution is 5.94. The Morgan fingerprint density at radius 2 is 1.64 bits per heavy atom. The van der Waals surface area contributed by atoms with Crippen molar-refractivity contribution >= 4 is 5.91 Å². The first-order chi connectivity index (χ1) is 11.9. The van der Waals surface area contributed by atoms with E-state index >= 15 is 0 Å². The van der Waals surface area contributed by atoms with Gasteiger partial charge in [-0.25, -0.2) is 17.6 Å². The summed E-state index contributed by atoms with van der Waals surface area (Å²) < 4.78 is 58.3. The Kier molecular flexibility index (Phi) is 4.92. The fourth-order valence-electron chi connectivity index (χ4n) is 2.75. The third-order valence-electron chi connectivity index (χ3n) is 4.08. The number of piperidine rings is 1. The first-order valence-electron chi connectivity index (χ1n) is 7.80. The van der Waals surface area contributed by atoms with E-state index in [4.69, 9.17) is 4.74 Å². The second-order valence-corrected chi connectivity index (χ2v) is 5.81. The van der Waals surface area contributed by atoms with E-state index in [1.54, 1.807) is 0 Å². The minimum atomic E-state index is -0.989. The molecule has 2 aromatic rings. The Labute approximate surface area is 141 Å². The van der Waals surface area contributed by atoms with E-state index < -0.39 is 29.2 Å². The molecule has 1 fully saturated rings. The van der Waals surface area contributed by atoms with E-state index in [1.807, 2.05) is 0 Å². The van der Waals surface area contributed by atoms with Crippen LogP contribution in [0.3, 0.4) is 0 Å². The lowest BCUT2D eigenvalue weighted by Crippen LogP contribution is -2.42. The number of ether oxygens (including phenoxy) is 1. The molecule has 3 nitrogen and oxygen atoms in total. The fourth-order valence-corrected chi connectivity index (χ4v) is 2.75. The Morgan fingerprint density at radius 3 is 2.28 bits per heavy atom. The van der Waals surface area contributed by atoms with Crippen LogP contribution in [0.2, 0.25) is 0 Å². The van der Waals surface area contributed by atoms with Crippen LogP contribution in [0.5, 0.6) is 5.75 Å². The van der Waals surface area contributed by atoms with Gasteiger partial charge in [-0.2, -0.15) is 0 Å². The zero-order chi connectivity index (χ0) is 18.0. The van der Waals surface area contributed by atoms with Gasteiger partial charge in [-0.05, 0) is 24.3 Å². The second-order valence-electron chi connectivity index (χ2n) is 5.81. The Bertz CT molecular complexity index is 789. The first-order valence-corrected chi connectivity index (χ1v) is 7.80. The van der Waals surface area contributed by atoms with Gasteiger partial charge in [0.15, 0.2) is 11.6 Å². The Hall–Kier alpha value is -2.57. The highest BCUT2D eigenvalue weighted by atomic mass is 19.2.